The van der Waals surface area contributed by atoms with Crippen molar-refractivity contribution in [3.05, 3.63) is 65.4 Å². The molecule has 0 spiro atoms. The predicted molar refractivity (Wildman–Crippen MR) is 106 cm³/mol. The average molecular weight is 364 g/mol. The highest BCUT2D eigenvalue weighted by Gasteiger charge is 2.13. The Morgan fingerprint density at radius 3 is 2.56 bits per heavy atom. The molecular formula is C21H24N4O2. The summed E-state index contributed by atoms with van der Waals surface area (Å²) >= 11 is 0. The number of carbonyl (C=O) groups is 2. The first-order chi connectivity index (χ1) is 13.1. The summed E-state index contributed by atoms with van der Waals surface area (Å²) in [5, 5.41) is 13.3. The molecule has 0 fully saturated rings. The van der Waals surface area contributed by atoms with E-state index >= 15 is 0 Å². The summed E-state index contributed by atoms with van der Waals surface area (Å²) in [5.74, 6) is -0.248. The maximum atomic E-state index is 12.2. The molecule has 2 amide bonds. The number of carbonyl (C=O) groups excluding carboxylic acids is 2. The van der Waals surface area contributed by atoms with Crippen LogP contribution in [0.1, 0.15) is 34.5 Å². The van der Waals surface area contributed by atoms with Crippen LogP contribution in [-0.2, 0) is 11.2 Å². The number of H-pyrrole nitrogens is 1. The number of nitrogens with one attached hydrogen (secondary N) is 3. The molecule has 0 saturated carbocycles. The molecule has 27 heavy (non-hydrogen) atoms. The Labute approximate surface area is 158 Å². The molecular weight excluding hydrogens is 340 g/mol. The number of aromatic amines is 1. The van der Waals surface area contributed by atoms with E-state index in [0.717, 1.165) is 23.7 Å². The highest BCUT2D eigenvalue weighted by Crippen LogP contribution is 2.14. The zero-order valence-corrected chi connectivity index (χ0v) is 15.4. The van der Waals surface area contributed by atoms with Crippen LogP contribution in [0.5, 0.6) is 0 Å². The van der Waals surface area contributed by atoms with Crippen LogP contribution < -0.4 is 10.6 Å². The quantitative estimate of drug-likeness (QED) is 0.537. The van der Waals surface area contributed by atoms with Gasteiger partial charge in [-0.1, -0.05) is 48.0 Å². The monoisotopic (exact) mass is 364 g/mol. The minimum absolute atomic E-state index is 0.00146. The van der Waals surface area contributed by atoms with Gasteiger partial charge in [-0.25, -0.2) is 0 Å². The van der Waals surface area contributed by atoms with Gasteiger partial charge in [0.1, 0.15) is 0 Å². The summed E-state index contributed by atoms with van der Waals surface area (Å²) in [6, 6.07) is 15.8. The number of para-hydroxylation sites is 1. The molecule has 3 N–H and O–H groups in total. The summed E-state index contributed by atoms with van der Waals surface area (Å²) < 4.78 is 0. The molecule has 140 valence electrons. The molecule has 3 aromatic rings. The first-order valence-corrected chi connectivity index (χ1v) is 9.17. The van der Waals surface area contributed by atoms with Gasteiger partial charge in [0.05, 0.1) is 5.52 Å². The lowest BCUT2D eigenvalue weighted by Gasteiger charge is -2.07. The Kier molecular flexibility index (Phi) is 6.20. The van der Waals surface area contributed by atoms with Gasteiger partial charge in [-0.3, -0.25) is 14.7 Å². The molecule has 0 aliphatic heterocycles. The number of aromatic nitrogens is 2. The van der Waals surface area contributed by atoms with Crippen molar-refractivity contribution in [1.82, 2.24) is 20.8 Å². The predicted octanol–water partition coefficient (Wildman–Crippen LogP) is 2.74. The van der Waals surface area contributed by atoms with Gasteiger partial charge in [0.25, 0.3) is 5.91 Å². The second-order valence-electron chi connectivity index (χ2n) is 6.56. The Hall–Kier alpha value is -3.15. The molecule has 0 radical (unpaired) electrons. The van der Waals surface area contributed by atoms with Gasteiger partial charge in [-0.05, 0) is 31.4 Å². The van der Waals surface area contributed by atoms with Gasteiger partial charge in [-0.15, -0.1) is 0 Å². The van der Waals surface area contributed by atoms with Gasteiger partial charge < -0.3 is 10.6 Å². The van der Waals surface area contributed by atoms with E-state index in [9.17, 15) is 9.59 Å². The second-order valence-corrected chi connectivity index (χ2v) is 6.56. The average Bonchev–Trinajstić information content (AvgIpc) is 3.11. The topological polar surface area (TPSA) is 86.9 Å². The number of fused-ring (bicyclic) bond motifs is 1. The maximum absolute atomic E-state index is 12.2. The fraction of sp³-hybridized carbons (Fsp3) is 0.286. The molecule has 2 aromatic carbocycles. The maximum Gasteiger partial charge on any atom is 0.272 e. The molecule has 1 aromatic heterocycles. The van der Waals surface area contributed by atoms with Crippen molar-refractivity contribution in [2.24, 2.45) is 0 Å². The van der Waals surface area contributed by atoms with E-state index in [1.165, 1.54) is 11.1 Å². The van der Waals surface area contributed by atoms with Crippen LogP contribution in [-0.4, -0.2) is 35.1 Å². The minimum Gasteiger partial charge on any atom is -0.354 e. The third-order valence-electron chi connectivity index (χ3n) is 4.41. The standard InChI is InChI=1S/C21H24N4O2/c1-15-9-11-16(12-10-15)5-4-8-19(26)22-13-14-23-21(27)20-17-6-2-3-7-18(17)24-25-20/h2-3,6-7,9-12H,4-5,8,13-14H2,1H3,(H,22,26)(H,23,27)(H,24,25). The fourth-order valence-electron chi connectivity index (χ4n) is 2.89. The first-order valence-electron chi connectivity index (χ1n) is 9.17. The lowest BCUT2D eigenvalue weighted by Crippen LogP contribution is -2.34. The summed E-state index contributed by atoms with van der Waals surface area (Å²) in [4.78, 5) is 24.1. The van der Waals surface area contributed by atoms with Crippen molar-refractivity contribution >= 4 is 22.7 Å². The number of rotatable bonds is 8. The number of hydrogen-bond donors (Lipinski definition) is 3. The van der Waals surface area contributed by atoms with Gasteiger partial charge in [0.15, 0.2) is 5.69 Å². The van der Waals surface area contributed by atoms with Gasteiger partial charge >= 0.3 is 0 Å². The summed E-state index contributed by atoms with van der Waals surface area (Å²) in [5.41, 5.74) is 3.67. The number of amides is 2. The largest absolute Gasteiger partial charge is 0.354 e. The van der Waals surface area contributed by atoms with E-state index in [1.54, 1.807) is 0 Å². The molecule has 6 heteroatoms. The first kappa shape index (κ1) is 18.6. The van der Waals surface area contributed by atoms with Crippen molar-refractivity contribution in [1.29, 1.82) is 0 Å². The van der Waals surface area contributed by atoms with Gasteiger partial charge in [-0.2, -0.15) is 5.10 Å². The Morgan fingerprint density at radius 2 is 1.74 bits per heavy atom. The lowest BCUT2D eigenvalue weighted by molar-refractivity contribution is -0.121. The van der Waals surface area contributed by atoms with Crippen LogP contribution in [0, 0.1) is 6.92 Å². The summed E-state index contributed by atoms with van der Waals surface area (Å²) in [6.45, 7) is 2.83. The Morgan fingerprint density at radius 1 is 1.00 bits per heavy atom. The number of nitrogens with zero attached hydrogens (tertiary/aromatic N) is 1. The summed E-state index contributed by atoms with van der Waals surface area (Å²) in [7, 11) is 0. The number of benzene rings is 2. The van der Waals surface area contributed by atoms with Crippen LogP contribution in [0.25, 0.3) is 10.9 Å². The van der Waals surface area contributed by atoms with Crippen molar-refractivity contribution in [3.8, 4) is 0 Å². The van der Waals surface area contributed by atoms with Gasteiger partial charge in [0, 0.05) is 24.9 Å². The Balaban J connectivity index is 1.34. The molecule has 1 heterocycles. The fourth-order valence-corrected chi connectivity index (χ4v) is 2.89. The van der Waals surface area contributed by atoms with Crippen molar-refractivity contribution < 1.29 is 9.59 Å². The minimum atomic E-state index is -0.249. The SMILES string of the molecule is Cc1ccc(CCCC(=O)NCCNC(=O)c2n[nH]c3ccccc23)cc1. The Bertz CT molecular complexity index is 915. The lowest BCUT2D eigenvalue weighted by atomic mass is 10.1. The van der Waals surface area contributed by atoms with Crippen LogP contribution in [0.4, 0.5) is 0 Å². The van der Waals surface area contributed by atoms with E-state index in [4.69, 9.17) is 0 Å². The van der Waals surface area contributed by atoms with Gasteiger partial charge in [0.2, 0.25) is 5.91 Å². The van der Waals surface area contributed by atoms with E-state index in [1.807, 2.05) is 24.3 Å². The number of hydrogen-bond acceptors (Lipinski definition) is 3. The molecule has 3 rings (SSSR count). The van der Waals surface area contributed by atoms with Crippen LogP contribution in [0.2, 0.25) is 0 Å². The molecule has 0 saturated heterocycles. The highest BCUT2D eigenvalue weighted by molar-refractivity contribution is 6.04. The molecule has 6 nitrogen and oxygen atoms in total. The molecule has 0 aliphatic carbocycles. The molecule has 0 bridgehead atoms. The number of aryl methyl sites for hydroxylation is 2. The zero-order chi connectivity index (χ0) is 19.1. The van der Waals surface area contributed by atoms with Crippen LogP contribution >= 0.6 is 0 Å². The van der Waals surface area contributed by atoms with E-state index < -0.39 is 0 Å². The second kappa shape index (κ2) is 8.98. The smallest absolute Gasteiger partial charge is 0.272 e. The summed E-state index contributed by atoms with van der Waals surface area (Å²) in [6.07, 6.45) is 2.17. The van der Waals surface area contributed by atoms with Crippen molar-refractivity contribution in [3.63, 3.8) is 0 Å². The van der Waals surface area contributed by atoms with E-state index in [2.05, 4.69) is 52.0 Å². The van der Waals surface area contributed by atoms with Crippen LogP contribution in [0.3, 0.4) is 0 Å². The molecule has 0 unspecified atom stereocenters. The van der Waals surface area contributed by atoms with Crippen molar-refractivity contribution in [2.75, 3.05) is 13.1 Å². The van der Waals surface area contributed by atoms with Crippen LogP contribution in [0.15, 0.2) is 48.5 Å². The third-order valence-corrected chi connectivity index (χ3v) is 4.41. The van der Waals surface area contributed by atoms with Crippen molar-refractivity contribution in [2.45, 2.75) is 26.2 Å². The highest BCUT2D eigenvalue weighted by atomic mass is 16.2. The molecule has 0 aliphatic rings. The van der Waals surface area contributed by atoms with E-state index in [-0.39, 0.29) is 11.8 Å². The zero-order valence-electron chi connectivity index (χ0n) is 15.4. The third kappa shape index (κ3) is 5.17. The molecule has 0 atom stereocenters. The normalized spacial score (nSPS) is 10.7. The van der Waals surface area contributed by atoms with E-state index in [0.29, 0.717) is 25.2 Å².